The highest BCUT2D eigenvalue weighted by Gasteiger charge is 2.26. The maximum absolute atomic E-state index is 12.6. The van der Waals surface area contributed by atoms with Gasteiger partial charge in [0.1, 0.15) is 12.3 Å². The molecule has 0 saturated carbocycles. The third kappa shape index (κ3) is 5.17. The van der Waals surface area contributed by atoms with Crippen LogP contribution < -0.4 is 10.6 Å². The molecule has 1 saturated heterocycles. The number of esters is 1. The van der Waals surface area contributed by atoms with Crippen molar-refractivity contribution in [3.63, 3.8) is 0 Å². The minimum Gasteiger partial charge on any atom is -0.464 e. The van der Waals surface area contributed by atoms with Crippen LogP contribution in [-0.4, -0.2) is 42.6 Å². The quantitative estimate of drug-likeness (QED) is 0.724. The highest BCUT2D eigenvalue weighted by atomic mass is 16.5. The van der Waals surface area contributed by atoms with Gasteiger partial charge in [-0.15, -0.1) is 0 Å². The molecule has 27 heavy (non-hydrogen) atoms. The van der Waals surface area contributed by atoms with Crippen molar-refractivity contribution in [3.05, 3.63) is 53.7 Å². The summed E-state index contributed by atoms with van der Waals surface area (Å²) in [5.74, 6) is -0.0972. The lowest BCUT2D eigenvalue weighted by molar-refractivity contribution is -0.145. The van der Waals surface area contributed by atoms with Crippen molar-refractivity contribution in [3.8, 4) is 0 Å². The number of ether oxygens (including phenoxy) is 1. The van der Waals surface area contributed by atoms with Crippen LogP contribution in [0.5, 0.6) is 0 Å². The summed E-state index contributed by atoms with van der Waals surface area (Å²) in [4.78, 5) is 29.2. The van der Waals surface area contributed by atoms with E-state index in [1.54, 1.807) is 6.92 Å². The van der Waals surface area contributed by atoms with Crippen molar-refractivity contribution in [2.24, 2.45) is 0 Å². The second-order valence-corrected chi connectivity index (χ2v) is 6.56. The van der Waals surface area contributed by atoms with Crippen molar-refractivity contribution in [1.29, 1.82) is 0 Å². The number of rotatable bonds is 7. The molecule has 1 unspecified atom stereocenters. The van der Waals surface area contributed by atoms with Crippen LogP contribution in [0.1, 0.15) is 47.6 Å². The zero-order valence-electron chi connectivity index (χ0n) is 15.4. The van der Waals surface area contributed by atoms with Gasteiger partial charge in [0.15, 0.2) is 11.6 Å². The topological polar surface area (TPSA) is 93.5 Å². The highest BCUT2D eigenvalue weighted by molar-refractivity contribution is 5.95. The molecule has 0 bridgehead atoms. The van der Waals surface area contributed by atoms with Gasteiger partial charge in [0, 0.05) is 12.3 Å². The van der Waals surface area contributed by atoms with Crippen LogP contribution in [0.25, 0.3) is 0 Å². The molecular weight excluding hydrogens is 346 g/mol. The molecule has 7 nitrogen and oxygen atoms in total. The van der Waals surface area contributed by atoms with Crippen molar-refractivity contribution < 1.29 is 18.7 Å². The Morgan fingerprint density at radius 3 is 2.74 bits per heavy atom. The van der Waals surface area contributed by atoms with E-state index in [1.807, 2.05) is 30.3 Å². The average molecular weight is 371 g/mol. The Labute approximate surface area is 158 Å². The second-order valence-electron chi connectivity index (χ2n) is 6.56. The van der Waals surface area contributed by atoms with E-state index >= 15 is 0 Å². The standard InChI is InChI=1S/C20H25N3O4/c1-2-26-20(25)16(12-14-6-4-3-5-7-14)22-18(24)17-13-27-19(23-17)15-8-10-21-11-9-15/h3-7,13,15-16,21H,2,8-12H2,1H3,(H,22,24). The maximum Gasteiger partial charge on any atom is 0.328 e. The summed E-state index contributed by atoms with van der Waals surface area (Å²) in [6.45, 7) is 3.82. The van der Waals surface area contributed by atoms with Gasteiger partial charge in [-0.05, 0) is 38.4 Å². The van der Waals surface area contributed by atoms with Gasteiger partial charge >= 0.3 is 5.97 Å². The molecule has 1 aliphatic heterocycles. The largest absolute Gasteiger partial charge is 0.464 e. The molecule has 2 aromatic rings. The Morgan fingerprint density at radius 1 is 1.30 bits per heavy atom. The van der Waals surface area contributed by atoms with Gasteiger partial charge in [-0.25, -0.2) is 9.78 Å². The van der Waals surface area contributed by atoms with E-state index in [0.717, 1.165) is 31.5 Å². The summed E-state index contributed by atoms with van der Waals surface area (Å²) < 4.78 is 10.6. The first-order chi connectivity index (χ1) is 13.2. The Morgan fingerprint density at radius 2 is 2.04 bits per heavy atom. The number of hydrogen-bond acceptors (Lipinski definition) is 6. The van der Waals surface area contributed by atoms with Gasteiger partial charge < -0.3 is 19.8 Å². The Hall–Kier alpha value is -2.67. The number of benzene rings is 1. The molecule has 7 heteroatoms. The molecule has 0 aliphatic carbocycles. The molecular formula is C20H25N3O4. The van der Waals surface area contributed by atoms with E-state index < -0.39 is 17.9 Å². The van der Waals surface area contributed by atoms with Crippen molar-refractivity contribution in [2.45, 2.75) is 38.1 Å². The molecule has 1 aliphatic rings. The summed E-state index contributed by atoms with van der Waals surface area (Å²) in [7, 11) is 0. The van der Waals surface area contributed by atoms with Crippen molar-refractivity contribution in [1.82, 2.24) is 15.6 Å². The zero-order valence-corrected chi connectivity index (χ0v) is 15.4. The molecule has 0 spiro atoms. The van der Waals surface area contributed by atoms with Crippen LogP contribution in [0.15, 0.2) is 41.0 Å². The fourth-order valence-corrected chi connectivity index (χ4v) is 3.17. The number of oxazole rings is 1. The number of hydrogen-bond donors (Lipinski definition) is 2. The van der Waals surface area contributed by atoms with Crippen LogP contribution in [0.4, 0.5) is 0 Å². The predicted molar refractivity (Wildman–Crippen MR) is 99.4 cm³/mol. The van der Waals surface area contributed by atoms with Crippen molar-refractivity contribution in [2.75, 3.05) is 19.7 Å². The summed E-state index contributed by atoms with van der Waals surface area (Å²) in [5, 5.41) is 6.02. The monoisotopic (exact) mass is 371 g/mol. The zero-order chi connectivity index (χ0) is 19.1. The fraction of sp³-hybridized carbons (Fsp3) is 0.450. The van der Waals surface area contributed by atoms with Gasteiger partial charge in [0.25, 0.3) is 5.91 Å². The first-order valence-corrected chi connectivity index (χ1v) is 9.35. The third-order valence-electron chi connectivity index (χ3n) is 4.60. The molecule has 1 aromatic carbocycles. The van der Waals surface area contributed by atoms with Gasteiger partial charge in [-0.1, -0.05) is 30.3 Å². The van der Waals surface area contributed by atoms with E-state index in [9.17, 15) is 9.59 Å². The molecule has 1 aromatic heterocycles. The van der Waals surface area contributed by atoms with Crippen molar-refractivity contribution >= 4 is 11.9 Å². The normalized spacial score (nSPS) is 15.9. The molecule has 2 N–H and O–H groups in total. The van der Waals surface area contributed by atoms with E-state index in [0.29, 0.717) is 12.3 Å². The average Bonchev–Trinajstić information content (AvgIpc) is 3.19. The molecule has 144 valence electrons. The number of nitrogens with one attached hydrogen (secondary N) is 2. The molecule has 0 radical (unpaired) electrons. The number of amides is 1. The van der Waals surface area contributed by atoms with E-state index in [2.05, 4.69) is 15.6 Å². The summed E-state index contributed by atoms with van der Waals surface area (Å²) >= 11 is 0. The third-order valence-corrected chi connectivity index (χ3v) is 4.60. The number of carbonyl (C=O) groups is 2. The number of nitrogens with zero attached hydrogens (tertiary/aromatic N) is 1. The van der Waals surface area contributed by atoms with Crippen LogP contribution in [-0.2, 0) is 16.0 Å². The van der Waals surface area contributed by atoms with Crippen LogP contribution in [0.2, 0.25) is 0 Å². The Bertz CT molecular complexity index is 754. The first-order valence-electron chi connectivity index (χ1n) is 9.35. The first kappa shape index (κ1) is 19.1. The van der Waals surface area contributed by atoms with Gasteiger partial charge in [0.05, 0.1) is 6.61 Å². The number of aromatic nitrogens is 1. The van der Waals surface area contributed by atoms with Gasteiger partial charge in [-0.2, -0.15) is 0 Å². The Balaban J connectivity index is 1.68. The molecule has 2 heterocycles. The second kappa shape index (κ2) is 9.32. The summed E-state index contributed by atoms with van der Waals surface area (Å²) in [6.07, 6.45) is 3.57. The predicted octanol–water partition coefficient (Wildman–Crippen LogP) is 2.05. The lowest BCUT2D eigenvalue weighted by atomic mass is 9.98. The van der Waals surface area contributed by atoms with E-state index in [-0.39, 0.29) is 18.2 Å². The van der Waals surface area contributed by atoms with Crippen LogP contribution in [0, 0.1) is 0 Å². The SMILES string of the molecule is CCOC(=O)C(Cc1ccccc1)NC(=O)c1coc(C2CCNCC2)n1. The Kier molecular flexibility index (Phi) is 6.59. The lowest BCUT2D eigenvalue weighted by Gasteiger charge is -2.19. The van der Waals surface area contributed by atoms with Crippen LogP contribution in [0.3, 0.4) is 0 Å². The number of piperidine rings is 1. The van der Waals surface area contributed by atoms with Crippen LogP contribution >= 0.6 is 0 Å². The lowest BCUT2D eigenvalue weighted by Crippen LogP contribution is -2.43. The molecule has 1 amide bonds. The molecule has 3 rings (SSSR count). The smallest absolute Gasteiger partial charge is 0.328 e. The molecule has 1 fully saturated rings. The maximum atomic E-state index is 12.6. The highest BCUT2D eigenvalue weighted by Crippen LogP contribution is 2.24. The van der Waals surface area contributed by atoms with E-state index in [4.69, 9.17) is 9.15 Å². The fourth-order valence-electron chi connectivity index (χ4n) is 3.17. The van der Waals surface area contributed by atoms with Gasteiger partial charge in [0.2, 0.25) is 0 Å². The molecule has 1 atom stereocenters. The number of carbonyl (C=O) groups excluding carboxylic acids is 2. The minimum absolute atomic E-state index is 0.186. The van der Waals surface area contributed by atoms with Gasteiger partial charge in [-0.3, -0.25) is 4.79 Å². The summed E-state index contributed by atoms with van der Waals surface area (Å²) in [6, 6.07) is 8.72. The summed E-state index contributed by atoms with van der Waals surface area (Å²) in [5.41, 5.74) is 1.12. The van der Waals surface area contributed by atoms with E-state index in [1.165, 1.54) is 6.26 Å². The minimum atomic E-state index is -0.779.